The number of ether oxygens (including phenoxy) is 1. The summed E-state index contributed by atoms with van der Waals surface area (Å²) in [7, 11) is 1.67. The molecule has 3 rings (SSSR count). The van der Waals surface area contributed by atoms with Gasteiger partial charge in [0.2, 0.25) is 5.91 Å². The van der Waals surface area contributed by atoms with Gasteiger partial charge in [-0.1, -0.05) is 19.1 Å². The largest absolute Gasteiger partial charge is 0.497 e. The predicted octanol–water partition coefficient (Wildman–Crippen LogP) is 3.62. The smallest absolute Gasteiger partial charge is 0.237 e. The zero-order valence-corrected chi connectivity index (χ0v) is 15.9. The SMILES string of the molecule is CCC(C)NCC(=O)N1CCc2sccc2C1c1ccc(OC)cc1. The molecule has 0 radical (unpaired) electrons. The van der Waals surface area contributed by atoms with E-state index in [2.05, 4.69) is 42.7 Å². The monoisotopic (exact) mass is 358 g/mol. The molecule has 0 spiro atoms. The maximum absolute atomic E-state index is 12.9. The van der Waals surface area contributed by atoms with Gasteiger partial charge in [0, 0.05) is 17.5 Å². The molecule has 0 saturated heterocycles. The van der Waals surface area contributed by atoms with Crippen LogP contribution >= 0.6 is 11.3 Å². The van der Waals surface area contributed by atoms with E-state index in [0.29, 0.717) is 12.6 Å². The lowest BCUT2D eigenvalue weighted by Crippen LogP contribution is -2.45. The number of nitrogens with zero attached hydrogens (tertiary/aromatic N) is 1. The molecular weight excluding hydrogens is 332 g/mol. The Morgan fingerprint density at radius 3 is 2.80 bits per heavy atom. The molecule has 2 unspecified atom stereocenters. The first-order valence-electron chi connectivity index (χ1n) is 8.87. The standard InChI is InChI=1S/C20H26N2O2S/c1-4-14(2)21-13-19(23)22-11-9-18-17(10-12-25-18)20(22)15-5-7-16(24-3)8-6-15/h5-8,10,12,14,20-21H,4,9,11,13H2,1-3H3. The first-order chi connectivity index (χ1) is 12.1. The predicted molar refractivity (Wildman–Crippen MR) is 102 cm³/mol. The quantitative estimate of drug-likeness (QED) is 0.857. The number of methoxy groups -OCH3 is 1. The lowest BCUT2D eigenvalue weighted by Gasteiger charge is -2.36. The molecular formula is C20H26N2O2S. The third-order valence-corrected chi connectivity index (χ3v) is 5.93. The molecule has 0 aliphatic carbocycles. The summed E-state index contributed by atoms with van der Waals surface area (Å²) < 4.78 is 5.27. The number of hydrogen-bond donors (Lipinski definition) is 1. The highest BCUT2D eigenvalue weighted by Gasteiger charge is 2.32. The normalized spacial score (nSPS) is 17.9. The van der Waals surface area contributed by atoms with Crippen molar-refractivity contribution in [2.24, 2.45) is 0 Å². The highest BCUT2D eigenvalue weighted by atomic mass is 32.1. The lowest BCUT2D eigenvalue weighted by atomic mass is 9.93. The van der Waals surface area contributed by atoms with Crippen LogP contribution in [0.1, 0.15) is 42.3 Å². The molecule has 0 bridgehead atoms. The average molecular weight is 359 g/mol. The van der Waals surface area contributed by atoms with Crippen molar-refractivity contribution in [1.82, 2.24) is 10.2 Å². The fourth-order valence-electron chi connectivity index (χ4n) is 3.24. The molecule has 1 aliphatic rings. The minimum absolute atomic E-state index is 0.00728. The fourth-order valence-corrected chi connectivity index (χ4v) is 4.14. The van der Waals surface area contributed by atoms with E-state index in [1.165, 1.54) is 10.4 Å². The number of benzene rings is 1. The van der Waals surface area contributed by atoms with Crippen molar-refractivity contribution >= 4 is 17.2 Å². The van der Waals surface area contributed by atoms with Crippen molar-refractivity contribution in [3.05, 3.63) is 51.7 Å². The van der Waals surface area contributed by atoms with Crippen LogP contribution in [0, 0.1) is 0 Å². The van der Waals surface area contributed by atoms with Gasteiger partial charge in [-0.15, -0.1) is 11.3 Å². The highest BCUT2D eigenvalue weighted by Crippen LogP contribution is 2.38. The van der Waals surface area contributed by atoms with E-state index in [1.54, 1.807) is 18.4 Å². The molecule has 2 aromatic rings. The summed E-state index contributed by atoms with van der Waals surface area (Å²) in [5.41, 5.74) is 2.40. The molecule has 5 heteroatoms. The van der Waals surface area contributed by atoms with Crippen LogP contribution in [-0.4, -0.2) is 37.0 Å². The van der Waals surface area contributed by atoms with Crippen molar-refractivity contribution in [1.29, 1.82) is 0 Å². The van der Waals surface area contributed by atoms with Crippen molar-refractivity contribution in [2.45, 2.75) is 38.8 Å². The molecule has 1 amide bonds. The van der Waals surface area contributed by atoms with E-state index in [4.69, 9.17) is 4.74 Å². The molecule has 2 atom stereocenters. The molecule has 1 aromatic carbocycles. The van der Waals surface area contributed by atoms with Crippen molar-refractivity contribution in [3.8, 4) is 5.75 Å². The topological polar surface area (TPSA) is 41.6 Å². The van der Waals surface area contributed by atoms with Gasteiger partial charge in [0.05, 0.1) is 19.7 Å². The van der Waals surface area contributed by atoms with Crippen LogP contribution in [0.5, 0.6) is 5.75 Å². The van der Waals surface area contributed by atoms with Crippen LogP contribution in [0.3, 0.4) is 0 Å². The van der Waals surface area contributed by atoms with Crippen LogP contribution in [0.15, 0.2) is 35.7 Å². The van der Waals surface area contributed by atoms with Gasteiger partial charge >= 0.3 is 0 Å². The minimum atomic E-state index is -0.00728. The Hall–Kier alpha value is -1.85. The second-order valence-electron chi connectivity index (χ2n) is 6.50. The zero-order chi connectivity index (χ0) is 17.8. The third kappa shape index (κ3) is 3.88. The summed E-state index contributed by atoms with van der Waals surface area (Å²) in [6.07, 6.45) is 1.96. The van der Waals surface area contributed by atoms with Crippen LogP contribution in [0.2, 0.25) is 0 Å². The Balaban J connectivity index is 1.87. The first kappa shape index (κ1) is 18.0. The Labute approximate surface area is 153 Å². The van der Waals surface area contributed by atoms with Gasteiger partial charge < -0.3 is 15.0 Å². The van der Waals surface area contributed by atoms with Crippen molar-refractivity contribution in [2.75, 3.05) is 20.2 Å². The van der Waals surface area contributed by atoms with Crippen LogP contribution < -0.4 is 10.1 Å². The van der Waals surface area contributed by atoms with E-state index in [0.717, 1.165) is 30.7 Å². The lowest BCUT2D eigenvalue weighted by molar-refractivity contribution is -0.132. The van der Waals surface area contributed by atoms with Gasteiger partial charge in [0.1, 0.15) is 5.75 Å². The summed E-state index contributed by atoms with van der Waals surface area (Å²) in [5, 5.41) is 5.46. The average Bonchev–Trinajstić information content (AvgIpc) is 3.13. The molecule has 1 aromatic heterocycles. The van der Waals surface area contributed by atoms with E-state index in [1.807, 2.05) is 17.0 Å². The molecule has 0 saturated carbocycles. The van der Waals surface area contributed by atoms with Gasteiger partial charge in [-0.2, -0.15) is 0 Å². The second-order valence-corrected chi connectivity index (χ2v) is 7.50. The van der Waals surface area contributed by atoms with Crippen LogP contribution in [0.4, 0.5) is 0 Å². The number of rotatable bonds is 6. The van der Waals surface area contributed by atoms with Crippen LogP contribution in [0.25, 0.3) is 0 Å². The summed E-state index contributed by atoms with van der Waals surface area (Å²) in [6, 6.07) is 10.6. The van der Waals surface area contributed by atoms with Crippen molar-refractivity contribution < 1.29 is 9.53 Å². The van der Waals surface area contributed by atoms with E-state index in [-0.39, 0.29) is 11.9 Å². The van der Waals surface area contributed by atoms with E-state index in [9.17, 15) is 4.79 Å². The Morgan fingerprint density at radius 1 is 1.36 bits per heavy atom. The molecule has 1 N–H and O–H groups in total. The summed E-state index contributed by atoms with van der Waals surface area (Å²) in [4.78, 5) is 16.3. The maximum Gasteiger partial charge on any atom is 0.237 e. The molecule has 134 valence electrons. The van der Waals surface area contributed by atoms with Crippen molar-refractivity contribution in [3.63, 3.8) is 0 Å². The zero-order valence-electron chi connectivity index (χ0n) is 15.1. The Morgan fingerprint density at radius 2 is 2.12 bits per heavy atom. The second kappa shape index (κ2) is 8.02. The van der Waals surface area contributed by atoms with Crippen LogP contribution in [-0.2, 0) is 11.2 Å². The van der Waals surface area contributed by atoms with E-state index >= 15 is 0 Å². The summed E-state index contributed by atoms with van der Waals surface area (Å²) >= 11 is 1.79. The first-order valence-corrected chi connectivity index (χ1v) is 9.75. The molecule has 4 nitrogen and oxygen atoms in total. The summed E-state index contributed by atoms with van der Waals surface area (Å²) in [6.45, 7) is 5.40. The van der Waals surface area contributed by atoms with Gasteiger partial charge in [0.25, 0.3) is 0 Å². The number of carbonyl (C=O) groups is 1. The number of thiophene rings is 1. The number of nitrogens with one attached hydrogen (secondary N) is 1. The summed E-state index contributed by atoms with van der Waals surface area (Å²) in [5.74, 6) is 0.999. The maximum atomic E-state index is 12.9. The molecule has 2 heterocycles. The third-order valence-electron chi connectivity index (χ3n) is 4.93. The molecule has 25 heavy (non-hydrogen) atoms. The number of fused-ring (bicyclic) bond motifs is 1. The van der Waals surface area contributed by atoms with Gasteiger partial charge in [0.15, 0.2) is 0 Å². The molecule has 1 aliphatic heterocycles. The van der Waals surface area contributed by atoms with Gasteiger partial charge in [-0.05, 0) is 54.5 Å². The highest BCUT2D eigenvalue weighted by molar-refractivity contribution is 7.10. The van der Waals surface area contributed by atoms with Gasteiger partial charge in [-0.3, -0.25) is 4.79 Å². The Kier molecular flexibility index (Phi) is 5.76. The molecule has 0 fully saturated rings. The van der Waals surface area contributed by atoms with E-state index < -0.39 is 0 Å². The Bertz CT molecular complexity index is 711. The fraction of sp³-hybridized carbons (Fsp3) is 0.450. The number of hydrogen-bond acceptors (Lipinski definition) is 4. The number of carbonyl (C=O) groups excluding carboxylic acids is 1. The minimum Gasteiger partial charge on any atom is -0.497 e. The number of amides is 1. The van der Waals surface area contributed by atoms with Gasteiger partial charge in [-0.25, -0.2) is 0 Å².